The number of anilines is 1. The number of nitrogens with zero attached hydrogens (tertiary/aromatic N) is 2. The van der Waals surface area contributed by atoms with Crippen molar-refractivity contribution >= 4 is 17.1 Å². The number of aliphatic hydroxyl groups excluding tert-OH is 5. The van der Waals surface area contributed by atoms with Crippen LogP contribution in [0.4, 0.5) is 17.1 Å². The highest BCUT2D eigenvalue weighted by Crippen LogP contribution is 2.30. The smallest absolute Gasteiger partial charge is 0.299 e. The van der Waals surface area contributed by atoms with E-state index in [-0.39, 0.29) is 5.69 Å². The monoisotopic (exact) mass is 347 g/mol. The second-order valence-electron chi connectivity index (χ2n) is 4.88. The van der Waals surface area contributed by atoms with Crippen LogP contribution in [0.1, 0.15) is 0 Å². The lowest BCUT2D eigenvalue weighted by Gasteiger charge is -2.28. The molecule has 0 aliphatic heterocycles. The molecule has 1 rings (SSSR count). The fourth-order valence-corrected chi connectivity index (χ4v) is 1.92. The average Bonchev–Trinajstić information content (AvgIpc) is 2.57. The molecular weight excluding hydrogens is 330 g/mol. The van der Waals surface area contributed by atoms with Crippen molar-refractivity contribution < 1.29 is 35.4 Å². The van der Waals surface area contributed by atoms with Crippen LogP contribution in [0.3, 0.4) is 0 Å². The lowest BCUT2D eigenvalue weighted by molar-refractivity contribution is -0.393. The summed E-state index contributed by atoms with van der Waals surface area (Å²) < 4.78 is 0. The van der Waals surface area contributed by atoms with E-state index in [1.807, 2.05) is 0 Å². The Bertz CT molecular complexity index is 597. The first-order valence-electron chi connectivity index (χ1n) is 6.68. The Labute approximate surface area is 134 Å². The summed E-state index contributed by atoms with van der Waals surface area (Å²) in [7, 11) is 0. The molecule has 0 spiro atoms. The van der Waals surface area contributed by atoms with Crippen LogP contribution < -0.4 is 5.32 Å². The van der Waals surface area contributed by atoms with Crippen molar-refractivity contribution in [3.05, 3.63) is 38.4 Å². The van der Waals surface area contributed by atoms with Crippen molar-refractivity contribution in [2.75, 3.05) is 18.5 Å². The molecule has 0 aromatic heterocycles. The number of nitrogens with one attached hydrogen (secondary N) is 1. The van der Waals surface area contributed by atoms with Crippen LogP contribution in [0, 0.1) is 20.2 Å². The molecule has 0 saturated heterocycles. The van der Waals surface area contributed by atoms with Gasteiger partial charge < -0.3 is 30.8 Å². The molecule has 0 fully saturated rings. The van der Waals surface area contributed by atoms with Gasteiger partial charge in [-0.05, 0) is 6.07 Å². The third-order valence-corrected chi connectivity index (χ3v) is 3.27. The van der Waals surface area contributed by atoms with E-state index in [4.69, 9.17) is 5.11 Å². The molecule has 0 saturated carbocycles. The Balaban J connectivity index is 3.08. The van der Waals surface area contributed by atoms with E-state index in [2.05, 4.69) is 5.32 Å². The van der Waals surface area contributed by atoms with Gasteiger partial charge in [-0.3, -0.25) is 20.2 Å². The van der Waals surface area contributed by atoms with Gasteiger partial charge in [-0.1, -0.05) is 0 Å². The maximum absolute atomic E-state index is 11.0. The Morgan fingerprint density at radius 2 is 1.62 bits per heavy atom. The Morgan fingerprint density at radius 1 is 1.00 bits per heavy atom. The van der Waals surface area contributed by atoms with Gasteiger partial charge in [0.1, 0.15) is 24.0 Å². The molecule has 12 heteroatoms. The third kappa shape index (κ3) is 4.56. The first kappa shape index (κ1) is 19.7. The van der Waals surface area contributed by atoms with Gasteiger partial charge in [0.15, 0.2) is 0 Å². The SMILES string of the molecule is O=[N+]([O-])c1ccc(N[C@H](CO)[C@H](O)[C@H](O)[C@H](O)CO)c([N+](=O)[O-])c1. The lowest BCUT2D eigenvalue weighted by Crippen LogP contribution is -2.50. The maximum Gasteiger partial charge on any atom is 0.299 e. The molecular formula is C12H17N3O9. The number of benzene rings is 1. The highest BCUT2D eigenvalue weighted by molar-refractivity contribution is 5.65. The average molecular weight is 347 g/mol. The van der Waals surface area contributed by atoms with Crippen LogP contribution in [0.15, 0.2) is 18.2 Å². The summed E-state index contributed by atoms with van der Waals surface area (Å²) in [5.74, 6) is 0. The largest absolute Gasteiger partial charge is 0.394 e. The van der Waals surface area contributed by atoms with Gasteiger partial charge >= 0.3 is 0 Å². The van der Waals surface area contributed by atoms with E-state index in [1.165, 1.54) is 0 Å². The number of non-ortho nitro benzene ring substituents is 1. The van der Waals surface area contributed by atoms with Crippen molar-refractivity contribution in [2.45, 2.75) is 24.4 Å². The maximum atomic E-state index is 11.0. The van der Waals surface area contributed by atoms with Gasteiger partial charge in [-0.2, -0.15) is 0 Å². The van der Waals surface area contributed by atoms with Crippen molar-refractivity contribution in [3.63, 3.8) is 0 Å². The Kier molecular flexibility index (Phi) is 6.94. The molecule has 0 unspecified atom stereocenters. The standard InChI is InChI=1S/C12H17N3O9/c16-4-8(11(19)12(20)10(18)5-17)13-7-2-1-6(14(21)22)3-9(7)15(23)24/h1-3,8,10-13,16-20H,4-5H2/t8-,10-,11+,12-/m1/s1. The minimum Gasteiger partial charge on any atom is -0.394 e. The van der Waals surface area contributed by atoms with Gasteiger partial charge in [0, 0.05) is 6.07 Å². The van der Waals surface area contributed by atoms with Crippen molar-refractivity contribution in [3.8, 4) is 0 Å². The molecule has 0 aliphatic carbocycles. The summed E-state index contributed by atoms with van der Waals surface area (Å²) in [4.78, 5) is 20.0. The lowest BCUT2D eigenvalue weighted by atomic mass is 10.0. The zero-order chi connectivity index (χ0) is 18.4. The number of hydrogen-bond donors (Lipinski definition) is 6. The topological polar surface area (TPSA) is 199 Å². The van der Waals surface area contributed by atoms with Crippen molar-refractivity contribution in [1.82, 2.24) is 0 Å². The number of nitro benzene ring substituents is 2. The third-order valence-electron chi connectivity index (χ3n) is 3.27. The van der Waals surface area contributed by atoms with Crippen molar-refractivity contribution in [1.29, 1.82) is 0 Å². The van der Waals surface area contributed by atoms with Crippen LogP contribution in [-0.4, -0.2) is 72.9 Å². The fourth-order valence-electron chi connectivity index (χ4n) is 1.92. The predicted octanol–water partition coefficient (Wildman–Crippen LogP) is -1.65. The van der Waals surface area contributed by atoms with E-state index >= 15 is 0 Å². The summed E-state index contributed by atoms with van der Waals surface area (Å²) >= 11 is 0. The Morgan fingerprint density at radius 3 is 2.08 bits per heavy atom. The van der Waals surface area contributed by atoms with E-state index in [0.29, 0.717) is 6.07 Å². The van der Waals surface area contributed by atoms with Crippen LogP contribution in [0.5, 0.6) is 0 Å². The summed E-state index contributed by atoms with van der Waals surface area (Å²) in [6.07, 6.45) is -5.31. The van der Waals surface area contributed by atoms with Gasteiger partial charge in [0.05, 0.1) is 35.2 Å². The molecule has 0 aliphatic rings. The normalized spacial score (nSPS) is 16.0. The number of rotatable bonds is 9. The second kappa shape index (κ2) is 8.47. The minimum atomic E-state index is -1.84. The first-order valence-corrected chi connectivity index (χ1v) is 6.68. The molecule has 0 amide bonds. The molecule has 0 radical (unpaired) electrons. The van der Waals surface area contributed by atoms with Gasteiger partial charge in [-0.15, -0.1) is 0 Å². The molecule has 4 atom stereocenters. The van der Waals surface area contributed by atoms with E-state index in [0.717, 1.165) is 12.1 Å². The highest BCUT2D eigenvalue weighted by Gasteiger charge is 2.32. The number of nitro groups is 2. The molecule has 134 valence electrons. The quantitative estimate of drug-likeness (QED) is 0.222. The zero-order valence-electron chi connectivity index (χ0n) is 12.2. The molecule has 0 heterocycles. The predicted molar refractivity (Wildman–Crippen MR) is 79.4 cm³/mol. The Hall–Kier alpha value is -2.38. The molecule has 6 N–H and O–H groups in total. The molecule has 1 aromatic rings. The van der Waals surface area contributed by atoms with Crippen LogP contribution in [0.25, 0.3) is 0 Å². The summed E-state index contributed by atoms with van der Waals surface area (Å²) in [6, 6.07) is 1.35. The number of hydrogen-bond acceptors (Lipinski definition) is 10. The van der Waals surface area contributed by atoms with Crippen LogP contribution in [0.2, 0.25) is 0 Å². The molecule has 12 nitrogen and oxygen atoms in total. The molecule has 1 aromatic carbocycles. The first-order chi connectivity index (χ1) is 11.2. The van der Waals surface area contributed by atoms with Gasteiger partial charge in [0.25, 0.3) is 11.4 Å². The van der Waals surface area contributed by atoms with E-state index in [1.54, 1.807) is 0 Å². The number of aliphatic hydroxyl groups is 5. The zero-order valence-corrected chi connectivity index (χ0v) is 12.2. The van der Waals surface area contributed by atoms with Crippen molar-refractivity contribution in [2.24, 2.45) is 0 Å². The second-order valence-corrected chi connectivity index (χ2v) is 4.88. The van der Waals surface area contributed by atoms with E-state index < -0.39 is 58.8 Å². The van der Waals surface area contributed by atoms with Crippen LogP contribution >= 0.6 is 0 Å². The summed E-state index contributed by atoms with van der Waals surface area (Å²) in [6.45, 7) is -1.64. The van der Waals surface area contributed by atoms with Crippen LogP contribution in [-0.2, 0) is 0 Å². The van der Waals surface area contributed by atoms with E-state index in [9.17, 15) is 40.7 Å². The highest BCUT2D eigenvalue weighted by atomic mass is 16.6. The summed E-state index contributed by atoms with van der Waals surface area (Å²) in [5, 5.41) is 70.9. The fraction of sp³-hybridized carbons (Fsp3) is 0.500. The van der Waals surface area contributed by atoms with Gasteiger partial charge in [0.2, 0.25) is 0 Å². The van der Waals surface area contributed by atoms with Gasteiger partial charge in [-0.25, -0.2) is 0 Å². The molecule has 24 heavy (non-hydrogen) atoms. The minimum absolute atomic E-state index is 0.241. The summed E-state index contributed by atoms with van der Waals surface area (Å²) in [5.41, 5.74) is -1.44. The molecule has 0 bridgehead atoms.